The van der Waals surface area contributed by atoms with Crippen molar-refractivity contribution in [1.29, 1.82) is 0 Å². The van der Waals surface area contributed by atoms with Crippen molar-refractivity contribution in [3.05, 3.63) is 52.0 Å². The van der Waals surface area contributed by atoms with Gasteiger partial charge in [-0.05, 0) is 61.4 Å². The third kappa shape index (κ3) is 5.29. The number of aryl methyl sites for hydroxylation is 1. The molecule has 0 atom stereocenters. The normalized spacial score (nSPS) is 12.6. The Morgan fingerprint density at radius 3 is 2.03 bits per heavy atom. The number of halogens is 1. The summed E-state index contributed by atoms with van der Waals surface area (Å²) in [7, 11) is -4.27. The molecule has 2 aromatic rings. The number of sulfonamides is 1. The Hall–Kier alpha value is -2.19. The third-order valence-electron chi connectivity index (χ3n) is 4.93. The van der Waals surface area contributed by atoms with Crippen LogP contribution < -0.4 is 4.72 Å². The summed E-state index contributed by atoms with van der Waals surface area (Å²) in [5.74, 6) is -0.967. The molecular weight excluding hydrogens is 409 g/mol. The largest absolute Gasteiger partial charge is 0.448 e. The van der Waals surface area contributed by atoms with Crippen molar-refractivity contribution in [2.75, 3.05) is 0 Å². The number of amides is 1. The van der Waals surface area contributed by atoms with Gasteiger partial charge in [0.25, 0.3) is 10.0 Å². The smallest absolute Gasteiger partial charge is 0.297 e. The van der Waals surface area contributed by atoms with Crippen molar-refractivity contribution in [3.63, 3.8) is 0 Å². The van der Waals surface area contributed by atoms with Gasteiger partial charge >= 0.3 is 0 Å². The molecule has 1 aromatic heterocycles. The van der Waals surface area contributed by atoms with Crippen molar-refractivity contribution in [3.8, 4) is 0 Å². The molecule has 0 saturated heterocycles. The van der Waals surface area contributed by atoms with E-state index in [1.54, 1.807) is 0 Å². The first-order chi connectivity index (χ1) is 13.6. The maximum absolute atomic E-state index is 14.1. The summed E-state index contributed by atoms with van der Waals surface area (Å²) in [6.07, 6.45) is -0.210. The van der Waals surface area contributed by atoms with Crippen molar-refractivity contribution >= 4 is 15.9 Å². The van der Waals surface area contributed by atoms with Crippen LogP contribution in [0.15, 0.2) is 27.7 Å². The predicted octanol–water partition coefficient (Wildman–Crippen LogP) is 4.25. The van der Waals surface area contributed by atoms with Crippen LogP contribution in [0.4, 0.5) is 4.39 Å². The quantitative estimate of drug-likeness (QED) is 0.672. The molecule has 30 heavy (non-hydrogen) atoms. The van der Waals surface area contributed by atoms with Crippen molar-refractivity contribution in [2.45, 2.75) is 77.4 Å². The summed E-state index contributed by atoms with van der Waals surface area (Å²) in [6.45, 7) is 12.1. The van der Waals surface area contributed by atoms with Gasteiger partial charge in [-0.3, -0.25) is 4.79 Å². The number of hydrogen-bond acceptors (Lipinski definition) is 5. The van der Waals surface area contributed by atoms with Gasteiger partial charge in [0, 0.05) is 11.6 Å². The third-order valence-corrected chi connectivity index (χ3v) is 6.16. The van der Waals surface area contributed by atoms with Crippen LogP contribution in [0.1, 0.15) is 81.4 Å². The number of hydrogen-bond donors (Lipinski definition) is 2. The molecule has 0 aliphatic heterocycles. The van der Waals surface area contributed by atoms with Crippen LogP contribution in [0.5, 0.6) is 0 Å². The molecular formula is C22H30FNO5S. The van der Waals surface area contributed by atoms with E-state index in [9.17, 15) is 22.7 Å². The van der Waals surface area contributed by atoms with Gasteiger partial charge in [-0.2, -0.15) is 8.42 Å². The molecule has 2 N–H and O–H groups in total. The summed E-state index contributed by atoms with van der Waals surface area (Å²) in [4.78, 5) is 12.6. The minimum Gasteiger partial charge on any atom is -0.448 e. The molecule has 6 nitrogen and oxygen atoms in total. The van der Waals surface area contributed by atoms with Crippen molar-refractivity contribution in [2.24, 2.45) is 0 Å². The monoisotopic (exact) mass is 439 g/mol. The van der Waals surface area contributed by atoms with E-state index in [0.717, 1.165) is 0 Å². The lowest BCUT2D eigenvalue weighted by Gasteiger charge is -2.19. The summed E-state index contributed by atoms with van der Waals surface area (Å²) >= 11 is 0. The number of aliphatic hydroxyl groups is 1. The van der Waals surface area contributed by atoms with Crippen LogP contribution in [0.25, 0.3) is 0 Å². The maximum atomic E-state index is 14.1. The molecule has 1 heterocycles. The van der Waals surface area contributed by atoms with E-state index in [1.165, 1.54) is 39.0 Å². The lowest BCUT2D eigenvalue weighted by molar-refractivity contribution is -0.118. The van der Waals surface area contributed by atoms with Gasteiger partial charge < -0.3 is 9.52 Å². The van der Waals surface area contributed by atoms with Crippen LogP contribution in [-0.2, 0) is 26.8 Å². The lowest BCUT2D eigenvalue weighted by Crippen LogP contribution is -2.32. The number of benzene rings is 1. The lowest BCUT2D eigenvalue weighted by atomic mass is 9.87. The highest BCUT2D eigenvalue weighted by atomic mass is 32.2. The minimum atomic E-state index is -4.27. The van der Waals surface area contributed by atoms with Crippen molar-refractivity contribution < 1.29 is 27.1 Å². The molecule has 0 aliphatic rings. The summed E-state index contributed by atoms with van der Waals surface area (Å²) in [5.41, 5.74) is 0.992. The van der Waals surface area contributed by atoms with Gasteiger partial charge in [0.15, 0.2) is 0 Å². The molecule has 0 bridgehead atoms. The number of carbonyl (C=O) groups is 1. The molecule has 0 aliphatic carbocycles. The molecule has 1 amide bonds. The molecule has 2 rings (SSSR count). The summed E-state index contributed by atoms with van der Waals surface area (Å²) in [6, 6.07) is 3.99. The minimum absolute atomic E-state index is 0.0420. The van der Waals surface area contributed by atoms with Crippen LogP contribution >= 0.6 is 0 Å². The van der Waals surface area contributed by atoms with Gasteiger partial charge in [0.05, 0.1) is 12.0 Å². The maximum Gasteiger partial charge on any atom is 0.297 e. The van der Waals surface area contributed by atoms with E-state index in [1.807, 2.05) is 32.4 Å². The van der Waals surface area contributed by atoms with Crippen molar-refractivity contribution in [1.82, 2.24) is 4.72 Å². The second-order valence-electron chi connectivity index (χ2n) is 8.67. The molecule has 0 unspecified atom stereocenters. The van der Waals surface area contributed by atoms with Gasteiger partial charge in [0.1, 0.15) is 11.6 Å². The van der Waals surface area contributed by atoms with E-state index in [2.05, 4.69) is 0 Å². The molecule has 0 radical (unpaired) electrons. The highest BCUT2D eigenvalue weighted by Crippen LogP contribution is 2.31. The van der Waals surface area contributed by atoms with E-state index in [4.69, 9.17) is 4.42 Å². The first kappa shape index (κ1) is 24.1. The van der Waals surface area contributed by atoms with Gasteiger partial charge in [0.2, 0.25) is 11.0 Å². The number of carbonyl (C=O) groups excluding carboxylic acids is 1. The Morgan fingerprint density at radius 1 is 1.13 bits per heavy atom. The fraction of sp³-hybridized carbons (Fsp3) is 0.500. The zero-order chi connectivity index (χ0) is 23.0. The number of nitrogens with one attached hydrogen (secondary N) is 1. The van der Waals surface area contributed by atoms with Gasteiger partial charge in [-0.15, -0.1) is 0 Å². The second kappa shape index (κ2) is 8.51. The highest BCUT2D eigenvalue weighted by Gasteiger charge is 2.29. The molecule has 8 heteroatoms. The fourth-order valence-electron chi connectivity index (χ4n) is 3.51. The van der Waals surface area contributed by atoms with Crippen LogP contribution in [0, 0.1) is 12.7 Å². The van der Waals surface area contributed by atoms with E-state index in [-0.39, 0.29) is 29.8 Å². The second-order valence-corrected chi connectivity index (χ2v) is 10.3. The Kier molecular flexibility index (Phi) is 6.83. The Labute approximate surface area is 177 Å². The van der Waals surface area contributed by atoms with E-state index >= 15 is 0 Å². The molecule has 0 spiro atoms. The average Bonchev–Trinajstić information content (AvgIpc) is 2.98. The SMILES string of the molecule is Cc1oc(S(=O)(=O)NC(=O)Cc2c(C(C)C)cc(F)cc2C(C)C)cc1C(C)(C)O. The summed E-state index contributed by atoms with van der Waals surface area (Å²) in [5, 5.41) is 9.69. The molecule has 1 aromatic carbocycles. The molecule has 0 fully saturated rings. The number of furan rings is 1. The Balaban J connectivity index is 2.36. The Morgan fingerprint density at radius 2 is 1.63 bits per heavy atom. The topological polar surface area (TPSA) is 96.6 Å². The number of rotatable bonds is 7. The van der Waals surface area contributed by atoms with Crippen LogP contribution in [-0.4, -0.2) is 19.4 Å². The Bertz CT molecular complexity index is 1020. The van der Waals surface area contributed by atoms with Gasteiger partial charge in [-0.1, -0.05) is 27.7 Å². The first-order valence-electron chi connectivity index (χ1n) is 9.84. The predicted molar refractivity (Wildman–Crippen MR) is 112 cm³/mol. The fourth-order valence-corrected chi connectivity index (χ4v) is 4.49. The standard InChI is InChI=1S/C22H30FNO5S/c1-12(2)16-8-15(23)9-17(13(3)4)18(16)10-20(25)24-30(27,28)21-11-19(14(5)29-21)22(6,7)26/h8-9,11-13,26H,10H2,1-7H3,(H,24,25). The van der Waals surface area contributed by atoms with E-state index in [0.29, 0.717) is 22.3 Å². The van der Waals surface area contributed by atoms with Gasteiger partial charge in [-0.25, -0.2) is 9.11 Å². The van der Waals surface area contributed by atoms with E-state index < -0.39 is 26.6 Å². The highest BCUT2D eigenvalue weighted by molar-refractivity contribution is 7.89. The van der Waals surface area contributed by atoms with Crippen LogP contribution in [0.3, 0.4) is 0 Å². The summed E-state index contributed by atoms with van der Waals surface area (Å²) < 4.78 is 46.7. The van der Waals surface area contributed by atoms with Crippen LogP contribution in [0.2, 0.25) is 0 Å². The zero-order valence-corrected chi connectivity index (χ0v) is 19.3. The zero-order valence-electron chi connectivity index (χ0n) is 18.5. The molecule has 166 valence electrons. The average molecular weight is 440 g/mol. The first-order valence-corrected chi connectivity index (χ1v) is 11.3. The molecule has 0 saturated carbocycles.